The van der Waals surface area contributed by atoms with E-state index in [0.717, 1.165) is 26.1 Å². The largest absolute Gasteiger partial charge is 0.482 e. The zero-order valence-electron chi connectivity index (χ0n) is 13.1. The SMILES string of the molecule is COC(=O)COc1ccc(CNCCCn2ccnc2)cc1.Cl. The molecule has 0 atom stereocenters. The lowest BCUT2D eigenvalue weighted by Crippen LogP contribution is -2.16. The third kappa shape index (κ3) is 7.17. The Morgan fingerprint density at radius 3 is 2.74 bits per heavy atom. The molecule has 0 amide bonds. The van der Waals surface area contributed by atoms with Crippen molar-refractivity contribution in [3.8, 4) is 5.75 Å². The number of esters is 1. The number of aromatic nitrogens is 2. The Hall–Kier alpha value is -2.05. The summed E-state index contributed by atoms with van der Waals surface area (Å²) in [6.45, 7) is 2.65. The van der Waals surface area contributed by atoms with Gasteiger partial charge in [0.2, 0.25) is 0 Å². The van der Waals surface area contributed by atoms with Gasteiger partial charge in [-0.3, -0.25) is 0 Å². The highest BCUT2D eigenvalue weighted by atomic mass is 35.5. The average molecular weight is 340 g/mol. The van der Waals surface area contributed by atoms with Gasteiger partial charge in [-0.15, -0.1) is 12.4 Å². The van der Waals surface area contributed by atoms with Crippen LogP contribution in [0.1, 0.15) is 12.0 Å². The lowest BCUT2D eigenvalue weighted by Gasteiger charge is -2.07. The number of nitrogens with one attached hydrogen (secondary N) is 1. The van der Waals surface area contributed by atoms with E-state index in [9.17, 15) is 4.79 Å². The molecule has 1 aromatic heterocycles. The van der Waals surface area contributed by atoms with Crippen molar-refractivity contribution in [1.29, 1.82) is 0 Å². The van der Waals surface area contributed by atoms with Crippen LogP contribution < -0.4 is 10.1 Å². The fraction of sp³-hybridized carbons (Fsp3) is 0.375. The van der Waals surface area contributed by atoms with Gasteiger partial charge in [0, 0.05) is 25.5 Å². The molecule has 0 aliphatic rings. The first-order valence-corrected chi connectivity index (χ1v) is 7.23. The highest BCUT2D eigenvalue weighted by Crippen LogP contribution is 2.12. The smallest absolute Gasteiger partial charge is 0.343 e. The second-order valence-electron chi connectivity index (χ2n) is 4.84. The summed E-state index contributed by atoms with van der Waals surface area (Å²) in [4.78, 5) is 15.0. The molecule has 0 saturated heterocycles. The number of benzene rings is 1. The van der Waals surface area contributed by atoms with Crippen molar-refractivity contribution in [3.63, 3.8) is 0 Å². The van der Waals surface area contributed by atoms with E-state index in [-0.39, 0.29) is 25.0 Å². The van der Waals surface area contributed by atoms with Crippen molar-refractivity contribution in [3.05, 3.63) is 48.5 Å². The van der Waals surface area contributed by atoms with Crippen molar-refractivity contribution in [2.75, 3.05) is 20.3 Å². The molecule has 0 saturated carbocycles. The minimum atomic E-state index is -0.386. The lowest BCUT2D eigenvalue weighted by molar-refractivity contribution is -0.142. The number of carbonyl (C=O) groups excluding carboxylic acids is 1. The van der Waals surface area contributed by atoms with Crippen molar-refractivity contribution in [2.24, 2.45) is 0 Å². The minimum Gasteiger partial charge on any atom is -0.482 e. The van der Waals surface area contributed by atoms with Crippen LogP contribution in [0.2, 0.25) is 0 Å². The fourth-order valence-electron chi connectivity index (χ4n) is 1.94. The second-order valence-corrected chi connectivity index (χ2v) is 4.84. The molecule has 0 spiro atoms. The van der Waals surface area contributed by atoms with Crippen molar-refractivity contribution >= 4 is 18.4 Å². The Balaban J connectivity index is 0.00000264. The zero-order chi connectivity index (χ0) is 15.6. The molecular formula is C16H22ClN3O3. The Morgan fingerprint density at radius 2 is 2.09 bits per heavy atom. The molecule has 1 N–H and O–H groups in total. The number of nitrogens with zero attached hydrogens (tertiary/aromatic N) is 2. The Kier molecular flexibility index (Phi) is 8.79. The van der Waals surface area contributed by atoms with E-state index in [1.165, 1.54) is 12.7 Å². The van der Waals surface area contributed by atoms with Gasteiger partial charge < -0.3 is 19.4 Å². The van der Waals surface area contributed by atoms with Crippen LogP contribution >= 0.6 is 12.4 Å². The van der Waals surface area contributed by atoms with Crippen molar-refractivity contribution < 1.29 is 14.3 Å². The van der Waals surface area contributed by atoms with Crippen LogP contribution in [0.4, 0.5) is 0 Å². The van der Waals surface area contributed by atoms with E-state index in [4.69, 9.17) is 4.74 Å². The van der Waals surface area contributed by atoms with Crippen LogP contribution in [0, 0.1) is 0 Å². The van der Waals surface area contributed by atoms with E-state index in [0.29, 0.717) is 5.75 Å². The van der Waals surface area contributed by atoms with E-state index < -0.39 is 0 Å². The average Bonchev–Trinajstić information content (AvgIpc) is 3.06. The first-order valence-electron chi connectivity index (χ1n) is 7.23. The molecule has 0 aliphatic heterocycles. The van der Waals surface area contributed by atoms with E-state index in [1.807, 2.05) is 36.8 Å². The molecule has 0 fully saturated rings. The predicted molar refractivity (Wildman–Crippen MR) is 89.8 cm³/mol. The minimum absolute atomic E-state index is 0. The first-order chi connectivity index (χ1) is 10.8. The number of methoxy groups -OCH3 is 1. The van der Waals surface area contributed by atoms with E-state index in [1.54, 1.807) is 6.20 Å². The maximum Gasteiger partial charge on any atom is 0.343 e. The molecule has 23 heavy (non-hydrogen) atoms. The van der Waals surface area contributed by atoms with Gasteiger partial charge in [0.1, 0.15) is 5.75 Å². The maximum absolute atomic E-state index is 11.0. The molecule has 0 aliphatic carbocycles. The van der Waals surface area contributed by atoms with Crippen LogP contribution in [0.15, 0.2) is 43.0 Å². The van der Waals surface area contributed by atoms with Crippen LogP contribution in [0.3, 0.4) is 0 Å². The quantitative estimate of drug-likeness (QED) is 0.559. The standard InChI is InChI=1S/C16H21N3O3.ClH/c1-21-16(20)12-22-15-5-3-14(4-6-15)11-17-7-2-9-19-10-8-18-13-19;/h3-6,8,10,13,17H,2,7,9,11-12H2,1H3;1H. The third-order valence-corrected chi connectivity index (χ3v) is 3.17. The highest BCUT2D eigenvalue weighted by molar-refractivity contribution is 5.85. The second kappa shape index (κ2) is 10.6. The number of hydrogen-bond donors (Lipinski definition) is 1. The normalized spacial score (nSPS) is 9.96. The first kappa shape index (κ1) is 19.0. The molecule has 0 bridgehead atoms. The summed E-state index contributed by atoms with van der Waals surface area (Å²) in [5.41, 5.74) is 1.17. The highest BCUT2D eigenvalue weighted by Gasteiger charge is 2.01. The van der Waals surface area contributed by atoms with Gasteiger partial charge in [0.25, 0.3) is 0 Å². The zero-order valence-corrected chi connectivity index (χ0v) is 13.9. The molecule has 6 nitrogen and oxygen atoms in total. The van der Waals surface area contributed by atoms with Crippen LogP contribution in [-0.2, 0) is 22.6 Å². The van der Waals surface area contributed by atoms with Gasteiger partial charge in [-0.25, -0.2) is 9.78 Å². The molecule has 126 valence electrons. The van der Waals surface area contributed by atoms with E-state index >= 15 is 0 Å². The van der Waals surface area contributed by atoms with Gasteiger partial charge in [0.05, 0.1) is 13.4 Å². The Morgan fingerprint density at radius 1 is 1.30 bits per heavy atom. The molecular weight excluding hydrogens is 318 g/mol. The third-order valence-electron chi connectivity index (χ3n) is 3.17. The van der Waals surface area contributed by atoms with Crippen LogP contribution in [0.25, 0.3) is 0 Å². The van der Waals surface area contributed by atoms with Gasteiger partial charge in [-0.05, 0) is 30.7 Å². The predicted octanol–water partition coefficient (Wildman–Crippen LogP) is 2.04. The molecule has 1 heterocycles. The number of rotatable bonds is 9. The summed E-state index contributed by atoms with van der Waals surface area (Å²) in [5, 5.41) is 3.39. The molecule has 7 heteroatoms. The number of ether oxygens (including phenoxy) is 2. The summed E-state index contributed by atoms with van der Waals surface area (Å²) in [7, 11) is 1.34. The summed E-state index contributed by atoms with van der Waals surface area (Å²) in [6.07, 6.45) is 6.63. The van der Waals surface area contributed by atoms with Gasteiger partial charge in [-0.1, -0.05) is 12.1 Å². The number of imidazole rings is 1. The van der Waals surface area contributed by atoms with Crippen molar-refractivity contribution in [1.82, 2.24) is 14.9 Å². The molecule has 0 radical (unpaired) electrons. The number of hydrogen-bond acceptors (Lipinski definition) is 5. The molecule has 2 aromatic rings. The van der Waals surface area contributed by atoms with Crippen molar-refractivity contribution in [2.45, 2.75) is 19.5 Å². The lowest BCUT2D eigenvalue weighted by atomic mass is 10.2. The van der Waals surface area contributed by atoms with E-state index in [2.05, 4.69) is 19.6 Å². The summed E-state index contributed by atoms with van der Waals surface area (Å²) in [6, 6.07) is 7.67. The number of carbonyl (C=O) groups is 1. The monoisotopic (exact) mass is 339 g/mol. The van der Waals surface area contributed by atoms with Crippen LogP contribution in [-0.4, -0.2) is 35.8 Å². The summed E-state index contributed by atoms with van der Waals surface area (Å²) >= 11 is 0. The Labute approximate surface area is 142 Å². The Bertz CT molecular complexity index is 558. The fourth-order valence-corrected chi connectivity index (χ4v) is 1.94. The topological polar surface area (TPSA) is 65.4 Å². The summed E-state index contributed by atoms with van der Waals surface area (Å²) in [5.74, 6) is 0.276. The number of halogens is 1. The van der Waals surface area contributed by atoms with Gasteiger partial charge in [-0.2, -0.15) is 0 Å². The number of aryl methyl sites for hydroxylation is 1. The van der Waals surface area contributed by atoms with Crippen LogP contribution in [0.5, 0.6) is 5.75 Å². The molecule has 1 aromatic carbocycles. The maximum atomic E-state index is 11.0. The van der Waals surface area contributed by atoms with Gasteiger partial charge >= 0.3 is 5.97 Å². The van der Waals surface area contributed by atoms with Gasteiger partial charge in [0.15, 0.2) is 6.61 Å². The molecule has 0 unspecified atom stereocenters. The summed E-state index contributed by atoms with van der Waals surface area (Å²) < 4.78 is 11.9. The molecule has 2 rings (SSSR count).